The van der Waals surface area contributed by atoms with Crippen LogP contribution >= 0.6 is 0 Å². The molecular formula is C25H39NO. The molecule has 0 aliphatic rings. The Morgan fingerprint density at radius 1 is 0.778 bits per heavy atom. The van der Waals surface area contributed by atoms with Crippen molar-refractivity contribution in [2.45, 2.75) is 96.8 Å². The largest absolute Gasteiger partial charge is 0.273 e. The Labute approximate surface area is 167 Å². The predicted molar refractivity (Wildman–Crippen MR) is 118 cm³/mol. The van der Waals surface area contributed by atoms with Crippen LogP contribution in [-0.4, -0.2) is 12.1 Å². The third-order valence-electron chi connectivity index (χ3n) is 4.81. The summed E-state index contributed by atoms with van der Waals surface area (Å²) in [6.07, 6.45) is 23.5. The molecule has 1 rings (SSSR count). The van der Waals surface area contributed by atoms with Crippen molar-refractivity contribution in [3.8, 4) is 0 Å². The van der Waals surface area contributed by atoms with Crippen molar-refractivity contribution < 1.29 is 4.79 Å². The lowest BCUT2D eigenvalue weighted by atomic mass is 10.1. The summed E-state index contributed by atoms with van der Waals surface area (Å²) in [7, 11) is 0. The standard InChI is InChI=1S/C25H39NO/c1-2-3-4-5-6-7-8-9-10-11-12-13-14-15-19-22-25(27)26-23-24-20-17-16-18-21-24/h9-10,16-18,20-21,23H,2-8,11-15,19,22H2,1H3. The SMILES string of the molecule is CCCCCCCCC=CCCCCCCCC(=O)N=Cc1ccccc1. The fraction of sp³-hybridized carbons (Fsp3) is 0.600. The second-order valence-electron chi connectivity index (χ2n) is 7.40. The fourth-order valence-electron chi connectivity index (χ4n) is 3.10. The molecule has 0 saturated heterocycles. The van der Waals surface area contributed by atoms with Gasteiger partial charge in [-0.1, -0.05) is 101 Å². The van der Waals surface area contributed by atoms with Crippen molar-refractivity contribution in [3.05, 3.63) is 48.0 Å². The van der Waals surface area contributed by atoms with E-state index in [1.54, 1.807) is 6.21 Å². The van der Waals surface area contributed by atoms with E-state index in [1.165, 1.54) is 70.6 Å². The van der Waals surface area contributed by atoms with E-state index >= 15 is 0 Å². The third kappa shape index (κ3) is 15.1. The molecule has 0 bridgehead atoms. The molecule has 1 aromatic rings. The number of hydrogen-bond donors (Lipinski definition) is 0. The zero-order chi connectivity index (χ0) is 19.4. The monoisotopic (exact) mass is 369 g/mol. The van der Waals surface area contributed by atoms with E-state index in [0.29, 0.717) is 6.42 Å². The molecule has 0 unspecified atom stereocenters. The van der Waals surface area contributed by atoms with E-state index in [4.69, 9.17) is 0 Å². The predicted octanol–water partition coefficient (Wildman–Crippen LogP) is 7.67. The smallest absolute Gasteiger partial charge is 0.245 e. The van der Waals surface area contributed by atoms with Gasteiger partial charge in [0.1, 0.15) is 0 Å². The van der Waals surface area contributed by atoms with Crippen molar-refractivity contribution in [1.29, 1.82) is 0 Å². The maximum atomic E-state index is 11.7. The number of carbonyl (C=O) groups is 1. The molecule has 1 amide bonds. The van der Waals surface area contributed by atoms with E-state index in [-0.39, 0.29) is 5.91 Å². The Balaban J connectivity index is 1.86. The van der Waals surface area contributed by atoms with E-state index in [0.717, 1.165) is 18.4 Å². The summed E-state index contributed by atoms with van der Waals surface area (Å²) in [6.45, 7) is 2.27. The van der Waals surface area contributed by atoms with E-state index in [1.807, 2.05) is 30.3 Å². The number of unbranched alkanes of at least 4 members (excludes halogenated alkanes) is 11. The van der Waals surface area contributed by atoms with Crippen molar-refractivity contribution in [3.63, 3.8) is 0 Å². The van der Waals surface area contributed by atoms with Crippen molar-refractivity contribution in [2.75, 3.05) is 0 Å². The Hall–Kier alpha value is -1.70. The molecule has 150 valence electrons. The zero-order valence-corrected chi connectivity index (χ0v) is 17.4. The molecule has 0 atom stereocenters. The molecule has 2 nitrogen and oxygen atoms in total. The molecular weight excluding hydrogens is 330 g/mol. The van der Waals surface area contributed by atoms with Crippen LogP contribution in [0, 0.1) is 0 Å². The van der Waals surface area contributed by atoms with Gasteiger partial charge in [-0.25, -0.2) is 4.99 Å². The van der Waals surface area contributed by atoms with Crippen LogP contribution in [0.5, 0.6) is 0 Å². The van der Waals surface area contributed by atoms with Gasteiger partial charge in [0.2, 0.25) is 5.91 Å². The van der Waals surface area contributed by atoms with Gasteiger partial charge in [0.15, 0.2) is 0 Å². The zero-order valence-electron chi connectivity index (χ0n) is 17.4. The molecule has 0 saturated carbocycles. The second kappa shape index (κ2) is 17.7. The van der Waals surface area contributed by atoms with Gasteiger partial charge in [0, 0.05) is 12.6 Å². The highest BCUT2D eigenvalue weighted by Crippen LogP contribution is 2.10. The first-order chi connectivity index (χ1) is 13.3. The molecule has 0 fully saturated rings. The summed E-state index contributed by atoms with van der Waals surface area (Å²) in [6, 6.07) is 9.79. The number of aliphatic imine (C=N–C) groups is 1. The Kier molecular flexibility index (Phi) is 15.3. The lowest BCUT2D eigenvalue weighted by molar-refractivity contribution is -0.117. The Bertz CT molecular complexity index is 518. The number of amides is 1. The summed E-state index contributed by atoms with van der Waals surface area (Å²) in [5.74, 6) is -0.00326. The lowest BCUT2D eigenvalue weighted by Crippen LogP contribution is -1.94. The van der Waals surface area contributed by atoms with Gasteiger partial charge in [0.05, 0.1) is 0 Å². The number of allylic oxidation sites excluding steroid dienone is 2. The average molecular weight is 370 g/mol. The van der Waals surface area contributed by atoms with E-state index in [9.17, 15) is 4.79 Å². The van der Waals surface area contributed by atoms with Crippen LogP contribution in [0.25, 0.3) is 0 Å². The normalized spacial score (nSPS) is 11.6. The summed E-state index contributed by atoms with van der Waals surface area (Å²) in [5.41, 5.74) is 0.982. The summed E-state index contributed by atoms with van der Waals surface area (Å²) >= 11 is 0. The van der Waals surface area contributed by atoms with Crippen LogP contribution in [0.15, 0.2) is 47.5 Å². The first-order valence-electron chi connectivity index (χ1n) is 11.1. The first-order valence-corrected chi connectivity index (χ1v) is 11.1. The summed E-state index contributed by atoms with van der Waals surface area (Å²) < 4.78 is 0. The van der Waals surface area contributed by atoms with Gasteiger partial charge in [-0.05, 0) is 37.7 Å². The molecule has 0 heterocycles. The number of hydrogen-bond acceptors (Lipinski definition) is 1. The third-order valence-corrected chi connectivity index (χ3v) is 4.81. The molecule has 0 N–H and O–H groups in total. The van der Waals surface area contributed by atoms with Crippen LogP contribution < -0.4 is 0 Å². The summed E-state index contributed by atoms with van der Waals surface area (Å²) in [5, 5.41) is 0. The van der Waals surface area contributed by atoms with Crippen LogP contribution in [0.4, 0.5) is 0 Å². The van der Waals surface area contributed by atoms with Crippen molar-refractivity contribution in [1.82, 2.24) is 0 Å². The number of carbonyl (C=O) groups excluding carboxylic acids is 1. The van der Waals surface area contributed by atoms with Gasteiger partial charge < -0.3 is 0 Å². The van der Waals surface area contributed by atoms with Crippen LogP contribution in [0.3, 0.4) is 0 Å². The van der Waals surface area contributed by atoms with Gasteiger partial charge in [-0.15, -0.1) is 0 Å². The van der Waals surface area contributed by atoms with Crippen molar-refractivity contribution in [2.24, 2.45) is 4.99 Å². The minimum absolute atomic E-state index is 0.00326. The molecule has 1 aromatic carbocycles. The molecule has 27 heavy (non-hydrogen) atoms. The molecule has 0 aliphatic carbocycles. The number of rotatable bonds is 16. The average Bonchev–Trinajstić information content (AvgIpc) is 2.70. The minimum atomic E-state index is -0.00326. The van der Waals surface area contributed by atoms with Crippen molar-refractivity contribution >= 4 is 12.1 Å². The van der Waals surface area contributed by atoms with Gasteiger partial charge in [-0.2, -0.15) is 0 Å². The maximum Gasteiger partial charge on any atom is 0.245 e. The first kappa shape index (κ1) is 23.3. The van der Waals surface area contributed by atoms with Crippen LogP contribution in [-0.2, 0) is 4.79 Å². The van der Waals surface area contributed by atoms with E-state index < -0.39 is 0 Å². The number of benzene rings is 1. The molecule has 0 radical (unpaired) electrons. The fourth-order valence-corrected chi connectivity index (χ4v) is 3.10. The Morgan fingerprint density at radius 3 is 1.96 bits per heavy atom. The van der Waals surface area contributed by atoms with Gasteiger partial charge in [0.25, 0.3) is 0 Å². The van der Waals surface area contributed by atoms with Gasteiger partial charge in [-0.3, -0.25) is 4.79 Å². The second-order valence-corrected chi connectivity index (χ2v) is 7.40. The number of nitrogens with zero attached hydrogens (tertiary/aromatic N) is 1. The molecule has 0 aromatic heterocycles. The highest BCUT2D eigenvalue weighted by molar-refractivity contribution is 5.91. The Morgan fingerprint density at radius 2 is 1.33 bits per heavy atom. The molecule has 2 heteroatoms. The summed E-state index contributed by atoms with van der Waals surface area (Å²) in [4.78, 5) is 15.8. The molecule has 0 spiro atoms. The highest BCUT2D eigenvalue weighted by atomic mass is 16.1. The van der Waals surface area contributed by atoms with Gasteiger partial charge >= 0.3 is 0 Å². The van der Waals surface area contributed by atoms with Crippen LogP contribution in [0.1, 0.15) is 102 Å². The topological polar surface area (TPSA) is 29.4 Å². The lowest BCUT2D eigenvalue weighted by Gasteiger charge is -1.99. The quantitative estimate of drug-likeness (QED) is 0.167. The minimum Gasteiger partial charge on any atom is -0.273 e. The van der Waals surface area contributed by atoms with Crippen LogP contribution in [0.2, 0.25) is 0 Å². The highest BCUT2D eigenvalue weighted by Gasteiger charge is 1.98. The molecule has 0 aliphatic heterocycles. The maximum absolute atomic E-state index is 11.7. The van der Waals surface area contributed by atoms with E-state index in [2.05, 4.69) is 24.1 Å².